The number of aryl methyl sites for hydroxylation is 1. The minimum Gasteiger partial charge on any atom is -0.478 e. The summed E-state index contributed by atoms with van der Waals surface area (Å²) in [6.07, 6.45) is 4.60. The topological polar surface area (TPSA) is 76.0 Å². The third-order valence-corrected chi connectivity index (χ3v) is 6.92. The number of pyridine rings is 2. The van der Waals surface area contributed by atoms with Crippen molar-refractivity contribution in [1.29, 1.82) is 0 Å². The summed E-state index contributed by atoms with van der Waals surface area (Å²) in [5.74, 6) is -1.23. The number of hydrogen-bond donors (Lipinski definition) is 1. The van der Waals surface area contributed by atoms with Gasteiger partial charge < -0.3 is 14.6 Å². The summed E-state index contributed by atoms with van der Waals surface area (Å²) in [4.78, 5) is 26.2. The lowest BCUT2D eigenvalue weighted by Gasteiger charge is -2.26. The molecular formula is C27H31F2N5O2. The van der Waals surface area contributed by atoms with E-state index in [1.165, 1.54) is 42.0 Å². The number of nitrogens with one attached hydrogen (secondary N) is 1. The molecule has 1 N–H and O–H groups in total. The zero-order valence-corrected chi connectivity index (χ0v) is 20.9. The van der Waals surface area contributed by atoms with Crippen LogP contribution in [0.25, 0.3) is 33.1 Å². The van der Waals surface area contributed by atoms with E-state index in [-0.39, 0.29) is 28.6 Å². The van der Waals surface area contributed by atoms with Gasteiger partial charge in [0.05, 0.1) is 28.9 Å². The van der Waals surface area contributed by atoms with Crippen molar-refractivity contribution in [3.8, 4) is 17.0 Å². The molecule has 9 heteroatoms. The summed E-state index contributed by atoms with van der Waals surface area (Å²) >= 11 is 0. The molecule has 0 spiro atoms. The Labute approximate surface area is 208 Å². The normalized spacial score (nSPS) is 14.8. The van der Waals surface area contributed by atoms with Crippen LogP contribution in [0, 0.1) is 11.8 Å². The number of aromatic nitrogens is 4. The van der Waals surface area contributed by atoms with E-state index in [4.69, 9.17) is 4.74 Å². The quantitative estimate of drug-likeness (QED) is 0.284. The van der Waals surface area contributed by atoms with Crippen molar-refractivity contribution >= 4 is 21.9 Å². The molecule has 0 amide bonds. The number of likely N-dealkylation sites (tertiary alicyclic amines) is 1. The molecular weight excluding hydrogens is 464 g/mol. The number of H-pyrrole nitrogens is 1. The molecule has 1 saturated heterocycles. The van der Waals surface area contributed by atoms with Crippen molar-refractivity contribution in [1.82, 2.24) is 24.4 Å². The molecule has 1 aromatic carbocycles. The average molecular weight is 496 g/mol. The summed E-state index contributed by atoms with van der Waals surface area (Å²) in [7, 11) is 1.67. The van der Waals surface area contributed by atoms with Crippen LogP contribution < -0.4 is 10.4 Å². The molecule has 1 fully saturated rings. The lowest BCUT2D eigenvalue weighted by atomic mass is 10.0. The van der Waals surface area contributed by atoms with Crippen molar-refractivity contribution in [2.45, 2.75) is 45.4 Å². The highest BCUT2D eigenvalue weighted by Gasteiger charge is 2.20. The second-order valence-corrected chi connectivity index (χ2v) is 9.81. The molecule has 0 saturated carbocycles. The second-order valence-electron chi connectivity index (χ2n) is 9.81. The van der Waals surface area contributed by atoms with Gasteiger partial charge in [-0.3, -0.25) is 9.55 Å². The number of benzene rings is 1. The summed E-state index contributed by atoms with van der Waals surface area (Å²) in [6.45, 7) is 7.57. The van der Waals surface area contributed by atoms with Gasteiger partial charge in [-0.1, -0.05) is 20.3 Å². The van der Waals surface area contributed by atoms with Crippen LogP contribution in [0.2, 0.25) is 0 Å². The van der Waals surface area contributed by atoms with E-state index in [1.54, 1.807) is 13.1 Å². The minimum atomic E-state index is -0.814. The first-order valence-electron chi connectivity index (χ1n) is 12.6. The van der Waals surface area contributed by atoms with Crippen LogP contribution in [0.1, 0.15) is 51.1 Å². The molecule has 0 bridgehead atoms. The molecule has 1 aliphatic heterocycles. The van der Waals surface area contributed by atoms with Crippen LogP contribution in [0.15, 0.2) is 29.1 Å². The fourth-order valence-electron chi connectivity index (χ4n) is 5.01. The highest BCUT2D eigenvalue weighted by Crippen LogP contribution is 2.34. The Balaban J connectivity index is 1.43. The molecule has 4 heterocycles. The number of aromatic amines is 1. The first-order valence-corrected chi connectivity index (χ1v) is 12.6. The Morgan fingerprint density at radius 2 is 1.86 bits per heavy atom. The predicted octanol–water partition coefficient (Wildman–Crippen LogP) is 5.13. The third kappa shape index (κ3) is 4.59. The molecule has 5 rings (SSSR count). The average Bonchev–Trinajstić information content (AvgIpc) is 3.16. The van der Waals surface area contributed by atoms with E-state index in [0.717, 1.165) is 26.1 Å². The summed E-state index contributed by atoms with van der Waals surface area (Å²) in [5.41, 5.74) is 2.09. The molecule has 1 aliphatic rings. The first-order chi connectivity index (χ1) is 17.3. The summed E-state index contributed by atoms with van der Waals surface area (Å²) in [6, 6.07) is 5.85. The Morgan fingerprint density at radius 3 is 2.58 bits per heavy atom. The number of imidazole rings is 1. The number of fused-ring (bicyclic) bond motifs is 3. The van der Waals surface area contributed by atoms with Gasteiger partial charge in [0.2, 0.25) is 11.8 Å². The Hall–Kier alpha value is -3.33. The molecule has 0 radical (unpaired) electrons. The van der Waals surface area contributed by atoms with Crippen LogP contribution in [0.5, 0.6) is 5.88 Å². The van der Waals surface area contributed by atoms with Crippen LogP contribution in [-0.4, -0.2) is 50.7 Å². The van der Waals surface area contributed by atoms with Gasteiger partial charge in [0.25, 0.3) is 0 Å². The Kier molecular flexibility index (Phi) is 6.75. The van der Waals surface area contributed by atoms with Gasteiger partial charge >= 0.3 is 5.69 Å². The second kappa shape index (κ2) is 9.97. The maximum atomic E-state index is 15.2. The molecule has 36 heavy (non-hydrogen) atoms. The maximum Gasteiger partial charge on any atom is 0.326 e. The van der Waals surface area contributed by atoms with Gasteiger partial charge in [0.1, 0.15) is 5.82 Å². The van der Waals surface area contributed by atoms with E-state index in [1.807, 2.05) is 13.8 Å². The van der Waals surface area contributed by atoms with Gasteiger partial charge in [-0.2, -0.15) is 9.37 Å². The van der Waals surface area contributed by atoms with E-state index in [0.29, 0.717) is 34.2 Å². The van der Waals surface area contributed by atoms with Gasteiger partial charge in [-0.15, -0.1) is 0 Å². The molecule has 190 valence electrons. The van der Waals surface area contributed by atoms with Gasteiger partial charge in [0, 0.05) is 42.2 Å². The van der Waals surface area contributed by atoms with E-state index >= 15 is 8.78 Å². The number of nitrogens with zero attached hydrogens (tertiary/aromatic N) is 4. The van der Waals surface area contributed by atoms with E-state index in [2.05, 4.69) is 19.9 Å². The third-order valence-electron chi connectivity index (χ3n) is 6.92. The number of halogens is 2. The van der Waals surface area contributed by atoms with Crippen molar-refractivity contribution in [3.63, 3.8) is 0 Å². The van der Waals surface area contributed by atoms with Crippen molar-refractivity contribution < 1.29 is 13.5 Å². The predicted molar refractivity (Wildman–Crippen MR) is 136 cm³/mol. The molecule has 3 aromatic heterocycles. The number of piperidine rings is 1. The molecule has 0 aliphatic carbocycles. The van der Waals surface area contributed by atoms with Crippen LogP contribution in [0.3, 0.4) is 0 Å². The number of ether oxygens (including phenoxy) is 1. The zero-order valence-electron chi connectivity index (χ0n) is 20.9. The lowest BCUT2D eigenvalue weighted by Crippen LogP contribution is -2.31. The number of hydrogen-bond acceptors (Lipinski definition) is 5. The van der Waals surface area contributed by atoms with Gasteiger partial charge in [-0.25, -0.2) is 9.18 Å². The van der Waals surface area contributed by atoms with E-state index in [9.17, 15) is 4.79 Å². The standard InChI is InChI=1S/C27H31F2N5O2/c1-16(2)23-25-24(32-27(35)33(25)3)19-14-18(20(28)15-21(19)30-23)17-8-9-22(31-26(17)29)36-13-7-12-34-10-5-4-6-11-34/h8-9,14-16H,4-7,10-13H2,1-3H3,(H,32,35). The summed E-state index contributed by atoms with van der Waals surface area (Å²) < 4.78 is 37.4. The Bertz CT molecular complexity index is 1470. The van der Waals surface area contributed by atoms with Crippen LogP contribution in [-0.2, 0) is 7.05 Å². The van der Waals surface area contributed by atoms with Crippen molar-refractivity contribution in [2.24, 2.45) is 7.05 Å². The van der Waals surface area contributed by atoms with Crippen LogP contribution >= 0.6 is 0 Å². The molecule has 0 atom stereocenters. The molecule has 4 aromatic rings. The SMILES string of the molecule is CC(C)c1nc2cc(F)c(-c3ccc(OCCCN4CCCCC4)nc3F)cc2c2[nH]c(=O)n(C)c12. The monoisotopic (exact) mass is 495 g/mol. The minimum absolute atomic E-state index is 0.0226. The van der Waals surface area contributed by atoms with E-state index < -0.39 is 11.8 Å². The highest BCUT2D eigenvalue weighted by molar-refractivity contribution is 6.05. The zero-order chi connectivity index (χ0) is 25.4. The highest BCUT2D eigenvalue weighted by atomic mass is 19.1. The van der Waals surface area contributed by atoms with Crippen molar-refractivity contribution in [2.75, 3.05) is 26.2 Å². The molecule has 0 unspecified atom stereocenters. The Morgan fingerprint density at radius 1 is 1.08 bits per heavy atom. The first kappa shape index (κ1) is 24.4. The smallest absolute Gasteiger partial charge is 0.326 e. The van der Waals surface area contributed by atoms with Crippen LogP contribution in [0.4, 0.5) is 8.78 Å². The fourth-order valence-corrected chi connectivity index (χ4v) is 5.01. The largest absolute Gasteiger partial charge is 0.478 e. The van der Waals surface area contributed by atoms with Gasteiger partial charge in [0.15, 0.2) is 0 Å². The fraction of sp³-hybridized carbons (Fsp3) is 0.444. The number of rotatable bonds is 7. The van der Waals surface area contributed by atoms with Crippen molar-refractivity contribution in [3.05, 3.63) is 52.2 Å². The lowest BCUT2D eigenvalue weighted by molar-refractivity contribution is 0.202. The maximum absolute atomic E-state index is 15.2. The summed E-state index contributed by atoms with van der Waals surface area (Å²) in [5, 5.41) is 0.543. The van der Waals surface area contributed by atoms with Gasteiger partial charge in [-0.05, 0) is 50.4 Å². The molecule has 7 nitrogen and oxygen atoms in total.